The summed E-state index contributed by atoms with van der Waals surface area (Å²) in [5.41, 5.74) is 3.18. The zero-order chi connectivity index (χ0) is 23.9. The van der Waals surface area contributed by atoms with Crippen LogP contribution in [0.2, 0.25) is 0 Å². The number of alkyl halides is 1. The molecule has 34 heavy (non-hydrogen) atoms. The fourth-order valence-electron chi connectivity index (χ4n) is 5.53. The normalized spacial score (nSPS) is 23.0. The highest BCUT2D eigenvalue weighted by Gasteiger charge is 2.58. The van der Waals surface area contributed by atoms with E-state index in [-0.39, 0.29) is 18.1 Å². The van der Waals surface area contributed by atoms with Crippen LogP contribution in [0, 0.1) is 5.41 Å². The SMILES string of the molecule is O=C(O)C(Cc1ccc2c(c1)CCN2C(=O)c1ccncc1)N=C1C(Cl)C(=O)C12CCCCC2. The van der Waals surface area contributed by atoms with Gasteiger partial charge in [-0.1, -0.05) is 31.4 Å². The number of benzene rings is 1. The average molecular weight is 480 g/mol. The van der Waals surface area contributed by atoms with Crippen LogP contribution in [0.4, 0.5) is 5.69 Å². The molecule has 2 aliphatic carbocycles. The van der Waals surface area contributed by atoms with E-state index in [0.717, 1.165) is 36.1 Å². The number of amides is 1. The van der Waals surface area contributed by atoms with Crippen molar-refractivity contribution in [2.24, 2.45) is 10.4 Å². The molecule has 8 heteroatoms. The third-order valence-electron chi connectivity index (χ3n) is 7.36. The van der Waals surface area contributed by atoms with Crippen molar-refractivity contribution in [2.45, 2.75) is 56.4 Å². The molecule has 2 aromatic rings. The summed E-state index contributed by atoms with van der Waals surface area (Å²) in [5.74, 6) is -1.12. The van der Waals surface area contributed by atoms with Crippen LogP contribution in [-0.4, -0.2) is 51.4 Å². The molecule has 2 unspecified atom stereocenters. The van der Waals surface area contributed by atoms with Gasteiger partial charge in [0.15, 0.2) is 11.8 Å². The van der Waals surface area contributed by atoms with Crippen molar-refractivity contribution < 1.29 is 19.5 Å². The first kappa shape index (κ1) is 22.7. The molecule has 3 aliphatic rings. The topological polar surface area (TPSA) is 99.9 Å². The molecule has 2 atom stereocenters. The molecule has 0 bridgehead atoms. The largest absolute Gasteiger partial charge is 0.480 e. The molecule has 1 aromatic carbocycles. The highest BCUT2D eigenvalue weighted by Crippen LogP contribution is 2.49. The lowest BCUT2D eigenvalue weighted by Crippen LogP contribution is -2.61. The minimum Gasteiger partial charge on any atom is -0.480 e. The average Bonchev–Trinajstić information content (AvgIpc) is 3.29. The molecule has 176 valence electrons. The molecule has 1 amide bonds. The van der Waals surface area contributed by atoms with E-state index in [2.05, 4.69) is 9.98 Å². The van der Waals surface area contributed by atoms with E-state index >= 15 is 0 Å². The Bertz CT molecular complexity index is 1170. The molecular weight excluding hydrogens is 454 g/mol. The maximum atomic E-state index is 12.9. The molecule has 1 aliphatic heterocycles. The fourth-order valence-corrected chi connectivity index (χ4v) is 6.00. The third-order valence-corrected chi connectivity index (χ3v) is 7.77. The summed E-state index contributed by atoms with van der Waals surface area (Å²) in [5, 5.41) is 9.07. The van der Waals surface area contributed by atoms with Crippen molar-refractivity contribution in [1.29, 1.82) is 0 Å². The number of ketones is 1. The third kappa shape index (κ3) is 3.82. The minimum absolute atomic E-state index is 0.00626. The highest BCUT2D eigenvalue weighted by atomic mass is 35.5. The van der Waals surface area contributed by atoms with Crippen molar-refractivity contribution in [1.82, 2.24) is 4.98 Å². The van der Waals surface area contributed by atoms with Crippen molar-refractivity contribution in [2.75, 3.05) is 11.4 Å². The van der Waals surface area contributed by atoms with Gasteiger partial charge in [-0.2, -0.15) is 0 Å². The van der Waals surface area contributed by atoms with E-state index in [4.69, 9.17) is 11.6 Å². The van der Waals surface area contributed by atoms with Crippen LogP contribution in [0.1, 0.15) is 53.6 Å². The van der Waals surface area contributed by atoms with Gasteiger partial charge in [-0.05, 0) is 48.6 Å². The van der Waals surface area contributed by atoms with E-state index in [1.807, 2.05) is 18.2 Å². The summed E-state index contributed by atoms with van der Waals surface area (Å²) in [6.07, 6.45) is 8.47. The van der Waals surface area contributed by atoms with E-state index in [0.29, 0.717) is 37.1 Å². The van der Waals surface area contributed by atoms with Crippen molar-refractivity contribution in [3.8, 4) is 0 Å². The lowest BCUT2D eigenvalue weighted by atomic mass is 9.58. The number of aromatic nitrogens is 1. The number of hydrogen-bond donors (Lipinski definition) is 1. The molecule has 2 saturated carbocycles. The van der Waals surface area contributed by atoms with Crippen molar-refractivity contribution >= 4 is 40.7 Å². The van der Waals surface area contributed by atoms with Crippen LogP contribution in [0.5, 0.6) is 0 Å². The van der Waals surface area contributed by atoms with Gasteiger partial charge in [0, 0.05) is 36.6 Å². The first-order valence-corrected chi connectivity index (χ1v) is 12.2. The Kier molecular flexibility index (Phi) is 5.98. The number of aliphatic imine (C=N–C) groups is 1. The van der Waals surface area contributed by atoms with Gasteiger partial charge in [-0.3, -0.25) is 19.6 Å². The predicted molar refractivity (Wildman–Crippen MR) is 129 cm³/mol. The maximum Gasteiger partial charge on any atom is 0.328 e. The first-order chi connectivity index (χ1) is 16.4. The van der Waals surface area contributed by atoms with Gasteiger partial charge < -0.3 is 10.0 Å². The Morgan fingerprint density at radius 1 is 1.18 bits per heavy atom. The van der Waals surface area contributed by atoms with E-state index < -0.39 is 22.8 Å². The van der Waals surface area contributed by atoms with Gasteiger partial charge in [0.05, 0.1) is 11.1 Å². The molecule has 1 spiro atoms. The molecule has 2 heterocycles. The molecule has 1 N–H and O–H groups in total. The Morgan fingerprint density at radius 2 is 1.91 bits per heavy atom. The molecule has 7 nitrogen and oxygen atoms in total. The number of aliphatic carboxylic acids is 1. The number of nitrogens with zero attached hydrogens (tertiary/aromatic N) is 3. The van der Waals surface area contributed by atoms with E-state index in [1.54, 1.807) is 29.4 Å². The standard InChI is InChI=1S/C26H26ClN3O4/c27-21-22(26(23(21)31)9-2-1-3-10-26)29-19(25(33)34)15-16-4-5-20-18(14-16)8-13-30(20)24(32)17-6-11-28-12-7-17/h4-7,11-12,14,19,21H,1-3,8-10,13,15H2,(H,33,34). The van der Waals surface area contributed by atoms with Gasteiger partial charge >= 0.3 is 5.97 Å². The van der Waals surface area contributed by atoms with Crippen molar-refractivity contribution in [3.05, 3.63) is 59.4 Å². The van der Waals surface area contributed by atoms with Gasteiger partial charge in [0.2, 0.25) is 0 Å². The van der Waals surface area contributed by atoms with Gasteiger partial charge in [0.1, 0.15) is 5.38 Å². The quantitative estimate of drug-likeness (QED) is 0.656. The number of Topliss-reactive ketones (excluding diaryl/α,β-unsaturated/α-hetero) is 1. The zero-order valence-corrected chi connectivity index (χ0v) is 19.5. The molecule has 1 aromatic heterocycles. The summed E-state index contributed by atoms with van der Waals surface area (Å²) in [6, 6.07) is 8.08. The van der Waals surface area contributed by atoms with Crippen LogP contribution in [-0.2, 0) is 22.4 Å². The monoisotopic (exact) mass is 479 g/mol. The predicted octanol–water partition coefficient (Wildman–Crippen LogP) is 3.86. The van der Waals surface area contributed by atoms with Gasteiger partial charge in [-0.25, -0.2) is 4.79 Å². The van der Waals surface area contributed by atoms with Gasteiger partial charge in [-0.15, -0.1) is 11.6 Å². The number of pyridine rings is 1. The lowest BCUT2D eigenvalue weighted by molar-refractivity contribution is -0.138. The Morgan fingerprint density at radius 3 is 2.62 bits per heavy atom. The Labute approximate surface area is 202 Å². The number of fused-ring (bicyclic) bond motifs is 1. The molecular formula is C26H26ClN3O4. The van der Waals surface area contributed by atoms with E-state index in [1.165, 1.54) is 0 Å². The van der Waals surface area contributed by atoms with Crippen LogP contribution in [0.3, 0.4) is 0 Å². The summed E-state index contributed by atoms with van der Waals surface area (Å²) in [6.45, 7) is 0.573. The Hall–Kier alpha value is -3.06. The summed E-state index contributed by atoms with van der Waals surface area (Å²) >= 11 is 6.30. The zero-order valence-electron chi connectivity index (χ0n) is 18.7. The van der Waals surface area contributed by atoms with Gasteiger partial charge in [0.25, 0.3) is 5.91 Å². The van der Waals surface area contributed by atoms with E-state index in [9.17, 15) is 19.5 Å². The lowest BCUT2D eigenvalue weighted by Gasteiger charge is -2.47. The van der Waals surface area contributed by atoms with Crippen LogP contribution < -0.4 is 4.90 Å². The number of halogens is 1. The minimum atomic E-state index is -1.03. The van der Waals surface area contributed by atoms with Crippen LogP contribution in [0.15, 0.2) is 47.7 Å². The van der Waals surface area contributed by atoms with Crippen LogP contribution in [0.25, 0.3) is 0 Å². The summed E-state index contributed by atoms with van der Waals surface area (Å²) in [4.78, 5) is 47.8. The number of carbonyl (C=O) groups excluding carboxylic acids is 2. The van der Waals surface area contributed by atoms with Crippen molar-refractivity contribution in [3.63, 3.8) is 0 Å². The smallest absolute Gasteiger partial charge is 0.328 e. The number of anilines is 1. The fraction of sp³-hybridized carbons (Fsp3) is 0.423. The second-order valence-electron chi connectivity index (χ2n) is 9.35. The number of hydrogen-bond acceptors (Lipinski definition) is 5. The Balaban J connectivity index is 1.36. The highest BCUT2D eigenvalue weighted by molar-refractivity contribution is 6.54. The first-order valence-electron chi connectivity index (χ1n) is 11.7. The summed E-state index contributed by atoms with van der Waals surface area (Å²) in [7, 11) is 0. The number of carboxylic acid groups (broad SMARTS) is 1. The molecule has 5 rings (SSSR count). The molecule has 0 radical (unpaired) electrons. The second kappa shape index (κ2) is 8.95. The molecule has 2 fully saturated rings. The number of carboxylic acids is 1. The van der Waals surface area contributed by atoms with Crippen LogP contribution >= 0.6 is 11.6 Å². The maximum absolute atomic E-state index is 12.9. The number of rotatable bonds is 5. The number of carbonyl (C=O) groups is 3. The molecule has 0 saturated heterocycles. The summed E-state index contributed by atoms with van der Waals surface area (Å²) < 4.78 is 0. The second-order valence-corrected chi connectivity index (χ2v) is 9.78.